The highest BCUT2D eigenvalue weighted by Gasteiger charge is 2.03. The van der Waals surface area contributed by atoms with E-state index >= 15 is 0 Å². The third-order valence-electron chi connectivity index (χ3n) is 2.81. The molecule has 0 saturated carbocycles. The summed E-state index contributed by atoms with van der Waals surface area (Å²) in [5.41, 5.74) is 7.45. The summed E-state index contributed by atoms with van der Waals surface area (Å²) in [6, 6.07) is 5.36. The van der Waals surface area contributed by atoms with Crippen LogP contribution in [0.15, 0.2) is 18.2 Å². The van der Waals surface area contributed by atoms with Crippen LogP contribution >= 0.6 is 0 Å². The monoisotopic (exact) mass is 209 g/mol. The van der Waals surface area contributed by atoms with Gasteiger partial charge in [0, 0.05) is 0 Å². The van der Waals surface area contributed by atoms with Gasteiger partial charge in [-0.1, -0.05) is 19.1 Å². The second kappa shape index (κ2) is 5.86. The molecule has 1 nitrogen and oxygen atoms in total. The van der Waals surface area contributed by atoms with Gasteiger partial charge in [-0.3, -0.25) is 0 Å². The second-order valence-electron chi connectivity index (χ2n) is 4.30. The van der Waals surface area contributed by atoms with E-state index < -0.39 is 0 Å². The minimum atomic E-state index is -0.117. The third kappa shape index (κ3) is 4.00. The molecule has 1 aromatic rings. The number of rotatable bonds is 5. The van der Waals surface area contributed by atoms with Crippen LogP contribution in [0.2, 0.25) is 0 Å². The van der Waals surface area contributed by atoms with E-state index in [2.05, 4.69) is 6.92 Å². The maximum absolute atomic E-state index is 13.0. The first-order valence-electron chi connectivity index (χ1n) is 5.58. The zero-order chi connectivity index (χ0) is 11.3. The molecule has 84 valence electrons. The first-order chi connectivity index (χ1) is 7.13. The van der Waals surface area contributed by atoms with Crippen molar-refractivity contribution in [3.8, 4) is 0 Å². The lowest BCUT2D eigenvalue weighted by Crippen LogP contribution is -2.06. The van der Waals surface area contributed by atoms with Crippen molar-refractivity contribution >= 4 is 0 Å². The van der Waals surface area contributed by atoms with Crippen molar-refractivity contribution in [2.45, 2.75) is 33.1 Å². The molecule has 0 fully saturated rings. The minimum absolute atomic E-state index is 0.117. The average Bonchev–Trinajstić information content (AvgIpc) is 2.20. The normalized spacial score (nSPS) is 12.8. The summed E-state index contributed by atoms with van der Waals surface area (Å²) < 4.78 is 13.0. The predicted molar refractivity (Wildman–Crippen MR) is 62.3 cm³/mol. The molecule has 0 heterocycles. The lowest BCUT2D eigenvalue weighted by molar-refractivity contribution is 0.499. The molecule has 1 atom stereocenters. The molecule has 0 aliphatic heterocycles. The first kappa shape index (κ1) is 12.2. The van der Waals surface area contributed by atoms with Crippen LogP contribution in [0, 0.1) is 18.7 Å². The van der Waals surface area contributed by atoms with Gasteiger partial charge in [-0.25, -0.2) is 4.39 Å². The first-order valence-corrected chi connectivity index (χ1v) is 5.58. The SMILES string of the molecule is Cc1cc(CCC(C)CCN)ccc1F. The zero-order valence-corrected chi connectivity index (χ0v) is 9.59. The van der Waals surface area contributed by atoms with E-state index in [0.29, 0.717) is 5.92 Å². The van der Waals surface area contributed by atoms with Gasteiger partial charge in [0.25, 0.3) is 0 Å². The van der Waals surface area contributed by atoms with Gasteiger partial charge in [-0.15, -0.1) is 0 Å². The standard InChI is InChI=1S/C13H20FN/c1-10(7-8-15)3-4-12-5-6-13(14)11(2)9-12/h5-6,9-10H,3-4,7-8,15H2,1-2H3. The van der Waals surface area contributed by atoms with Gasteiger partial charge in [0.15, 0.2) is 0 Å². The van der Waals surface area contributed by atoms with Crippen molar-refractivity contribution < 1.29 is 4.39 Å². The van der Waals surface area contributed by atoms with Crippen molar-refractivity contribution in [1.82, 2.24) is 0 Å². The lowest BCUT2D eigenvalue weighted by atomic mass is 9.97. The maximum atomic E-state index is 13.0. The molecule has 0 radical (unpaired) electrons. The molecule has 0 aromatic heterocycles. The fourth-order valence-corrected chi connectivity index (χ4v) is 1.70. The fourth-order valence-electron chi connectivity index (χ4n) is 1.70. The van der Waals surface area contributed by atoms with E-state index in [4.69, 9.17) is 5.73 Å². The Bertz CT molecular complexity index is 309. The Balaban J connectivity index is 2.47. The van der Waals surface area contributed by atoms with E-state index in [0.717, 1.165) is 31.4 Å². The molecule has 1 aromatic carbocycles. The zero-order valence-electron chi connectivity index (χ0n) is 9.59. The molecule has 0 aliphatic rings. The molecule has 15 heavy (non-hydrogen) atoms. The number of hydrogen-bond donors (Lipinski definition) is 1. The summed E-state index contributed by atoms with van der Waals surface area (Å²) in [5, 5.41) is 0. The van der Waals surface area contributed by atoms with E-state index in [1.165, 1.54) is 5.56 Å². The summed E-state index contributed by atoms with van der Waals surface area (Å²) in [4.78, 5) is 0. The molecule has 0 amide bonds. The fraction of sp³-hybridized carbons (Fsp3) is 0.538. The predicted octanol–water partition coefficient (Wildman–Crippen LogP) is 3.05. The van der Waals surface area contributed by atoms with E-state index in [9.17, 15) is 4.39 Å². The minimum Gasteiger partial charge on any atom is -0.330 e. The maximum Gasteiger partial charge on any atom is 0.126 e. The van der Waals surface area contributed by atoms with Gasteiger partial charge in [-0.2, -0.15) is 0 Å². The van der Waals surface area contributed by atoms with Crippen LogP contribution in [-0.2, 0) is 6.42 Å². The van der Waals surface area contributed by atoms with Crippen molar-refractivity contribution in [2.24, 2.45) is 11.7 Å². The Morgan fingerprint density at radius 3 is 2.67 bits per heavy atom. The number of benzene rings is 1. The van der Waals surface area contributed by atoms with Crippen LogP contribution in [-0.4, -0.2) is 6.54 Å². The molecule has 1 unspecified atom stereocenters. The van der Waals surface area contributed by atoms with Gasteiger partial charge in [0.05, 0.1) is 0 Å². The quantitative estimate of drug-likeness (QED) is 0.792. The summed E-state index contributed by atoms with van der Waals surface area (Å²) in [6.07, 6.45) is 3.21. The average molecular weight is 209 g/mol. The van der Waals surface area contributed by atoms with Crippen molar-refractivity contribution in [3.05, 3.63) is 35.1 Å². The van der Waals surface area contributed by atoms with Crippen LogP contribution in [0.5, 0.6) is 0 Å². The molecule has 1 rings (SSSR count). The largest absolute Gasteiger partial charge is 0.330 e. The van der Waals surface area contributed by atoms with Crippen molar-refractivity contribution in [2.75, 3.05) is 6.54 Å². The van der Waals surface area contributed by atoms with Crippen LogP contribution in [0.3, 0.4) is 0 Å². The number of halogens is 1. The highest BCUT2D eigenvalue weighted by molar-refractivity contribution is 5.23. The number of aryl methyl sites for hydroxylation is 2. The summed E-state index contributed by atoms with van der Waals surface area (Å²) in [7, 11) is 0. The van der Waals surface area contributed by atoms with Crippen LogP contribution in [0.1, 0.15) is 30.9 Å². The number of hydrogen-bond acceptors (Lipinski definition) is 1. The van der Waals surface area contributed by atoms with E-state index in [-0.39, 0.29) is 5.82 Å². The Morgan fingerprint density at radius 2 is 2.07 bits per heavy atom. The third-order valence-corrected chi connectivity index (χ3v) is 2.81. The van der Waals surface area contributed by atoms with Gasteiger partial charge in [0.2, 0.25) is 0 Å². The molecule has 0 spiro atoms. The number of nitrogens with two attached hydrogens (primary N) is 1. The van der Waals surface area contributed by atoms with Gasteiger partial charge >= 0.3 is 0 Å². The molecule has 0 saturated heterocycles. The highest BCUT2D eigenvalue weighted by Crippen LogP contribution is 2.14. The lowest BCUT2D eigenvalue weighted by Gasteiger charge is -2.10. The van der Waals surface area contributed by atoms with Gasteiger partial charge < -0.3 is 5.73 Å². The molecule has 2 N–H and O–H groups in total. The topological polar surface area (TPSA) is 26.0 Å². The van der Waals surface area contributed by atoms with Crippen LogP contribution in [0.4, 0.5) is 4.39 Å². The van der Waals surface area contributed by atoms with Gasteiger partial charge in [-0.05, 0) is 55.8 Å². The molecular weight excluding hydrogens is 189 g/mol. The summed E-state index contributed by atoms with van der Waals surface area (Å²) >= 11 is 0. The van der Waals surface area contributed by atoms with Crippen LogP contribution in [0.25, 0.3) is 0 Å². The van der Waals surface area contributed by atoms with Crippen LogP contribution < -0.4 is 5.73 Å². The van der Waals surface area contributed by atoms with Crippen molar-refractivity contribution in [3.63, 3.8) is 0 Å². The Kier molecular flexibility index (Phi) is 4.76. The Labute approximate surface area is 91.5 Å². The Hall–Kier alpha value is -0.890. The van der Waals surface area contributed by atoms with E-state index in [1.54, 1.807) is 6.07 Å². The molecular formula is C13H20FN. The summed E-state index contributed by atoms with van der Waals surface area (Å²) in [5.74, 6) is 0.536. The molecule has 0 aliphatic carbocycles. The van der Waals surface area contributed by atoms with Gasteiger partial charge in [0.1, 0.15) is 5.82 Å². The van der Waals surface area contributed by atoms with E-state index in [1.807, 2.05) is 19.1 Å². The van der Waals surface area contributed by atoms with Crippen molar-refractivity contribution in [1.29, 1.82) is 0 Å². The smallest absolute Gasteiger partial charge is 0.126 e. The highest BCUT2D eigenvalue weighted by atomic mass is 19.1. The molecule has 2 heteroatoms. The summed E-state index contributed by atoms with van der Waals surface area (Å²) in [6.45, 7) is 4.77. The molecule has 0 bridgehead atoms. The Morgan fingerprint density at radius 1 is 1.33 bits per heavy atom. The second-order valence-corrected chi connectivity index (χ2v) is 4.30.